The number of rotatable bonds is 9. The Morgan fingerprint density at radius 2 is 1.87 bits per heavy atom. The summed E-state index contributed by atoms with van der Waals surface area (Å²) in [5.41, 5.74) is 3.45. The van der Waals surface area contributed by atoms with Gasteiger partial charge in [-0.25, -0.2) is 9.97 Å². The molecule has 0 aliphatic heterocycles. The molecule has 8 heteroatoms. The molecule has 0 saturated carbocycles. The second-order valence-corrected chi connectivity index (χ2v) is 7.86. The third kappa shape index (κ3) is 5.42. The highest BCUT2D eigenvalue weighted by Crippen LogP contribution is 2.33. The van der Waals surface area contributed by atoms with E-state index in [9.17, 15) is 9.59 Å². The lowest BCUT2D eigenvalue weighted by Gasteiger charge is -2.14. The number of hydrogen-bond acceptors (Lipinski definition) is 7. The quantitative estimate of drug-likeness (QED) is 0.523. The van der Waals surface area contributed by atoms with E-state index in [-0.39, 0.29) is 18.8 Å². The van der Waals surface area contributed by atoms with Gasteiger partial charge in [-0.3, -0.25) is 9.59 Å². The molecule has 0 fully saturated rings. The average Bonchev–Trinajstić information content (AvgIpc) is 3.16. The predicted molar refractivity (Wildman–Crippen MR) is 117 cm³/mol. The summed E-state index contributed by atoms with van der Waals surface area (Å²) in [7, 11) is 0. The number of hydrogen-bond donors (Lipinski definition) is 2. The molecule has 0 unspecified atom stereocenters. The molecule has 3 rings (SSSR count). The molecule has 0 saturated heterocycles. The molecule has 0 aliphatic rings. The van der Waals surface area contributed by atoms with Gasteiger partial charge in [0.15, 0.2) is 16.7 Å². The Bertz CT molecular complexity index is 1060. The molecule has 0 aliphatic carbocycles. The van der Waals surface area contributed by atoms with Gasteiger partial charge < -0.3 is 15.2 Å². The van der Waals surface area contributed by atoms with Crippen LogP contribution in [0, 0.1) is 6.92 Å². The number of nitrogens with zero attached hydrogens (tertiary/aromatic N) is 2. The fraction of sp³-hybridized carbons (Fsp3) is 0.273. The number of aliphatic carboxylic acids is 1. The first kappa shape index (κ1) is 21.4. The summed E-state index contributed by atoms with van der Waals surface area (Å²) in [5, 5.41) is 12.9. The minimum absolute atomic E-state index is 0.0103. The Labute approximate surface area is 178 Å². The number of ether oxygens (including phenoxy) is 1. The van der Waals surface area contributed by atoms with Crippen molar-refractivity contribution in [2.24, 2.45) is 0 Å². The van der Waals surface area contributed by atoms with Crippen LogP contribution in [-0.4, -0.2) is 33.4 Å². The van der Waals surface area contributed by atoms with Gasteiger partial charge in [-0.1, -0.05) is 30.4 Å². The van der Waals surface area contributed by atoms with Crippen LogP contribution in [0.1, 0.15) is 30.7 Å². The third-order valence-corrected chi connectivity index (χ3v) is 5.35. The first-order chi connectivity index (χ1) is 14.4. The van der Waals surface area contributed by atoms with Crippen molar-refractivity contribution in [1.82, 2.24) is 9.97 Å². The van der Waals surface area contributed by atoms with Crippen molar-refractivity contribution in [3.05, 3.63) is 53.2 Å². The fourth-order valence-corrected chi connectivity index (χ4v) is 3.73. The van der Waals surface area contributed by atoms with Crippen molar-refractivity contribution in [3.63, 3.8) is 0 Å². The smallest absolute Gasteiger partial charge is 0.307 e. The van der Waals surface area contributed by atoms with Crippen LogP contribution >= 0.6 is 11.3 Å². The Morgan fingerprint density at radius 3 is 2.50 bits per heavy atom. The second-order valence-electron chi connectivity index (χ2n) is 6.82. The molecule has 0 radical (unpaired) electrons. The molecule has 156 valence electrons. The lowest BCUT2D eigenvalue weighted by Crippen LogP contribution is -2.05. The van der Waals surface area contributed by atoms with Crippen molar-refractivity contribution >= 4 is 34.6 Å². The standard InChI is InChI=1S/C22H23N3O4S/c1-4-17-14(3)23-22(18-9-10-20(30-18)29-12-13(2)26)25-21(17)24-16-7-5-15(6-8-16)11-19(27)28/h5-10H,4,11-12H2,1-3H3,(H,27,28)(H,23,24,25). The molecule has 0 atom stereocenters. The fourth-order valence-electron chi connectivity index (χ4n) is 2.94. The maximum absolute atomic E-state index is 11.1. The zero-order chi connectivity index (χ0) is 21.7. The van der Waals surface area contributed by atoms with E-state index < -0.39 is 5.97 Å². The van der Waals surface area contributed by atoms with Crippen molar-refractivity contribution in [2.75, 3.05) is 11.9 Å². The molecular weight excluding hydrogens is 402 g/mol. The van der Waals surface area contributed by atoms with Gasteiger partial charge in [0.2, 0.25) is 0 Å². The van der Waals surface area contributed by atoms with Crippen molar-refractivity contribution in [1.29, 1.82) is 0 Å². The molecule has 2 aromatic heterocycles. The topological polar surface area (TPSA) is 101 Å². The zero-order valence-electron chi connectivity index (χ0n) is 17.1. The van der Waals surface area contributed by atoms with Crippen LogP contribution in [0.4, 0.5) is 11.5 Å². The van der Waals surface area contributed by atoms with Gasteiger partial charge in [-0.05, 0) is 50.1 Å². The van der Waals surface area contributed by atoms with Crippen LogP contribution in [0.15, 0.2) is 36.4 Å². The summed E-state index contributed by atoms with van der Waals surface area (Å²) in [4.78, 5) is 32.2. The largest absolute Gasteiger partial charge is 0.481 e. The second kappa shape index (κ2) is 9.49. The molecule has 1 aromatic carbocycles. The molecular formula is C22H23N3O4S. The summed E-state index contributed by atoms with van der Waals surface area (Å²) >= 11 is 1.39. The number of benzene rings is 1. The molecule has 2 heterocycles. The van der Waals surface area contributed by atoms with Gasteiger partial charge in [-0.15, -0.1) is 0 Å². The predicted octanol–water partition coefficient (Wildman–Crippen LogP) is 4.41. The number of thiophene rings is 1. The van der Waals surface area contributed by atoms with Crippen molar-refractivity contribution in [3.8, 4) is 15.8 Å². The first-order valence-electron chi connectivity index (χ1n) is 9.53. The van der Waals surface area contributed by atoms with E-state index in [0.717, 1.165) is 33.8 Å². The summed E-state index contributed by atoms with van der Waals surface area (Å²) in [6, 6.07) is 10.9. The van der Waals surface area contributed by atoms with Crippen LogP contribution in [0.3, 0.4) is 0 Å². The molecule has 0 spiro atoms. The van der Waals surface area contributed by atoms with Crippen LogP contribution in [-0.2, 0) is 22.4 Å². The number of aromatic nitrogens is 2. The van der Waals surface area contributed by atoms with Crippen molar-refractivity contribution in [2.45, 2.75) is 33.6 Å². The third-order valence-electron chi connectivity index (χ3n) is 4.36. The highest BCUT2D eigenvalue weighted by atomic mass is 32.1. The number of carboxylic acid groups (broad SMARTS) is 1. The molecule has 0 bridgehead atoms. The normalized spacial score (nSPS) is 10.6. The number of Topliss-reactive ketones (excluding diaryl/α,β-unsaturated/α-hetero) is 1. The van der Waals surface area contributed by atoms with Crippen LogP contribution in [0.5, 0.6) is 5.06 Å². The highest BCUT2D eigenvalue weighted by molar-refractivity contribution is 7.17. The summed E-state index contributed by atoms with van der Waals surface area (Å²) < 4.78 is 5.47. The highest BCUT2D eigenvalue weighted by Gasteiger charge is 2.14. The molecule has 3 aromatic rings. The number of anilines is 2. The number of ketones is 1. The van der Waals surface area contributed by atoms with E-state index in [4.69, 9.17) is 14.8 Å². The Hall–Kier alpha value is -3.26. The molecule has 2 N–H and O–H groups in total. The minimum atomic E-state index is -0.859. The number of carboxylic acids is 1. The van der Waals surface area contributed by atoms with Gasteiger partial charge in [0, 0.05) is 16.9 Å². The lowest BCUT2D eigenvalue weighted by atomic mass is 10.1. The monoisotopic (exact) mass is 425 g/mol. The van der Waals surface area contributed by atoms with Gasteiger partial charge in [-0.2, -0.15) is 0 Å². The lowest BCUT2D eigenvalue weighted by molar-refractivity contribution is -0.136. The van der Waals surface area contributed by atoms with Gasteiger partial charge in [0.05, 0.1) is 11.3 Å². The Kier molecular flexibility index (Phi) is 6.79. The van der Waals surface area contributed by atoms with Gasteiger partial charge >= 0.3 is 5.97 Å². The Balaban J connectivity index is 1.86. The van der Waals surface area contributed by atoms with E-state index >= 15 is 0 Å². The van der Waals surface area contributed by atoms with E-state index in [1.165, 1.54) is 18.3 Å². The maximum Gasteiger partial charge on any atom is 0.307 e. The number of nitrogens with one attached hydrogen (secondary N) is 1. The van der Waals surface area contributed by atoms with E-state index in [1.807, 2.05) is 38.1 Å². The summed E-state index contributed by atoms with van der Waals surface area (Å²) in [6.07, 6.45) is 0.757. The van der Waals surface area contributed by atoms with Gasteiger partial charge in [0.1, 0.15) is 12.4 Å². The van der Waals surface area contributed by atoms with Crippen LogP contribution in [0.25, 0.3) is 10.7 Å². The van der Waals surface area contributed by atoms with Crippen LogP contribution < -0.4 is 10.1 Å². The first-order valence-corrected chi connectivity index (χ1v) is 10.3. The van der Waals surface area contributed by atoms with E-state index in [1.54, 1.807) is 12.1 Å². The van der Waals surface area contributed by atoms with E-state index in [2.05, 4.69) is 10.3 Å². The maximum atomic E-state index is 11.1. The van der Waals surface area contributed by atoms with Crippen molar-refractivity contribution < 1.29 is 19.4 Å². The van der Waals surface area contributed by atoms with E-state index in [0.29, 0.717) is 16.7 Å². The number of carbonyl (C=O) groups is 2. The zero-order valence-corrected chi connectivity index (χ0v) is 17.9. The minimum Gasteiger partial charge on any atom is -0.481 e. The van der Waals surface area contributed by atoms with Gasteiger partial charge in [0.25, 0.3) is 0 Å². The average molecular weight is 426 g/mol. The molecule has 30 heavy (non-hydrogen) atoms. The number of carbonyl (C=O) groups excluding carboxylic acids is 1. The Morgan fingerprint density at radius 1 is 1.13 bits per heavy atom. The van der Waals surface area contributed by atoms with Crippen LogP contribution in [0.2, 0.25) is 0 Å². The molecule has 0 amide bonds. The summed E-state index contributed by atoms with van der Waals surface area (Å²) in [5.74, 6) is 0.399. The molecule has 7 nitrogen and oxygen atoms in total. The SMILES string of the molecule is CCc1c(C)nc(-c2ccc(OCC(C)=O)s2)nc1Nc1ccc(CC(=O)O)cc1. The summed E-state index contributed by atoms with van der Waals surface area (Å²) in [6.45, 7) is 5.52. The number of aryl methyl sites for hydroxylation is 1.